The Morgan fingerprint density at radius 3 is 2.93 bits per heavy atom. The summed E-state index contributed by atoms with van der Waals surface area (Å²) in [5.74, 6) is 0.769. The second kappa shape index (κ2) is 3.82. The van der Waals surface area contributed by atoms with E-state index in [9.17, 15) is 0 Å². The van der Waals surface area contributed by atoms with Gasteiger partial charge in [-0.25, -0.2) is 0 Å². The number of nitrogens with zero attached hydrogens (tertiary/aromatic N) is 5. The number of aromatic nitrogens is 5. The number of aryl methyl sites for hydroxylation is 2. The molecule has 2 rings (SSSR count). The van der Waals surface area contributed by atoms with E-state index in [-0.39, 0.29) is 6.04 Å². The summed E-state index contributed by atoms with van der Waals surface area (Å²) >= 11 is 0. The van der Waals surface area contributed by atoms with Gasteiger partial charge in [0.05, 0.1) is 12.2 Å². The summed E-state index contributed by atoms with van der Waals surface area (Å²) in [6.45, 7) is 2.85. The molecule has 0 saturated heterocycles. The van der Waals surface area contributed by atoms with Crippen molar-refractivity contribution in [2.24, 2.45) is 12.8 Å². The number of hydrogen-bond acceptors (Lipinski definition) is 4. The van der Waals surface area contributed by atoms with Crippen molar-refractivity contribution < 1.29 is 0 Å². The minimum Gasteiger partial charge on any atom is -0.318 e. The van der Waals surface area contributed by atoms with Crippen molar-refractivity contribution >= 4 is 0 Å². The third-order valence-corrected chi connectivity index (χ3v) is 2.35. The van der Waals surface area contributed by atoms with Crippen molar-refractivity contribution in [1.82, 2.24) is 24.5 Å². The molecular formula is C9H14N6. The average molecular weight is 206 g/mol. The zero-order chi connectivity index (χ0) is 10.8. The van der Waals surface area contributed by atoms with Crippen molar-refractivity contribution in [1.29, 1.82) is 0 Å². The SMILES string of the molecule is CCn1cnnc1C(N)c1cnn(C)c1. The monoisotopic (exact) mass is 206 g/mol. The van der Waals surface area contributed by atoms with E-state index in [0.29, 0.717) is 0 Å². The van der Waals surface area contributed by atoms with Crippen LogP contribution in [0.15, 0.2) is 18.7 Å². The van der Waals surface area contributed by atoms with E-state index in [2.05, 4.69) is 15.3 Å². The second-order valence-corrected chi connectivity index (χ2v) is 3.40. The molecule has 80 valence electrons. The minimum atomic E-state index is -0.263. The lowest BCUT2D eigenvalue weighted by atomic mass is 10.1. The highest BCUT2D eigenvalue weighted by molar-refractivity contribution is 5.18. The summed E-state index contributed by atoms with van der Waals surface area (Å²) in [5, 5.41) is 12.0. The first-order chi connectivity index (χ1) is 7.22. The van der Waals surface area contributed by atoms with E-state index in [4.69, 9.17) is 5.73 Å². The highest BCUT2D eigenvalue weighted by Gasteiger charge is 2.16. The van der Waals surface area contributed by atoms with Crippen LogP contribution in [0.1, 0.15) is 24.4 Å². The third-order valence-electron chi connectivity index (χ3n) is 2.35. The second-order valence-electron chi connectivity index (χ2n) is 3.40. The molecule has 0 amide bonds. The van der Waals surface area contributed by atoms with Crippen LogP contribution in [-0.4, -0.2) is 24.5 Å². The molecule has 0 aromatic carbocycles. The topological polar surface area (TPSA) is 74.6 Å². The predicted octanol–water partition coefficient (Wildman–Crippen LogP) is 0.0796. The van der Waals surface area contributed by atoms with Crippen LogP contribution in [0.25, 0.3) is 0 Å². The fraction of sp³-hybridized carbons (Fsp3) is 0.444. The molecule has 0 aliphatic rings. The van der Waals surface area contributed by atoms with Gasteiger partial charge >= 0.3 is 0 Å². The molecule has 0 radical (unpaired) electrons. The van der Waals surface area contributed by atoms with Crippen molar-refractivity contribution in [2.75, 3.05) is 0 Å². The average Bonchev–Trinajstić information content (AvgIpc) is 2.84. The van der Waals surface area contributed by atoms with Crippen molar-refractivity contribution in [3.63, 3.8) is 0 Å². The number of rotatable bonds is 3. The Morgan fingerprint density at radius 2 is 2.33 bits per heavy atom. The van der Waals surface area contributed by atoms with Gasteiger partial charge in [-0.1, -0.05) is 0 Å². The van der Waals surface area contributed by atoms with Crippen LogP contribution in [0.3, 0.4) is 0 Å². The molecule has 2 aromatic heterocycles. The lowest BCUT2D eigenvalue weighted by molar-refractivity contribution is 0.655. The molecule has 6 nitrogen and oxygen atoms in total. The standard InChI is InChI=1S/C9H14N6/c1-3-15-6-11-13-9(15)8(10)7-4-12-14(2)5-7/h4-6,8H,3,10H2,1-2H3. The molecule has 15 heavy (non-hydrogen) atoms. The van der Waals surface area contributed by atoms with Crippen LogP contribution in [0.4, 0.5) is 0 Å². The summed E-state index contributed by atoms with van der Waals surface area (Å²) < 4.78 is 3.65. The van der Waals surface area contributed by atoms with Crippen LogP contribution >= 0.6 is 0 Å². The first-order valence-electron chi connectivity index (χ1n) is 4.84. The largest absolute Gasteiger partial charge is 0.318 e. The Balaban J connectivity index is 2.31. The van der Waals surface area contributed by atoms with E-state index in [1.807, 2.05) is 24.7 Å². The van der Waals surface area contributed by atoms with Crippen LogP contribution < -0.4 is 5.73 Å². The maximum atomic E-state index is 6.07. The Morgan fingerprint density at radius 1 is 1.53 bits per heavy atom. The zero-order valence-corrected chi connectivity index (χ0v) is 8.83. The molecule has 0 spiro atoms. The Hall–Kier alpha value is -1.69. The minimum absolute atomic E-state index is 0.263. The first kappa shape index (κ1) is 9.85. The predicted molar refractivity (Wildman–Crippen MR) is 54.9 cm³/mol. The van der Waals surface area contributed by atoms with Crippen LogP contribution in [0.5, 0.6) is 0 Å². The van der Waals surface area contributed by atoms with Gasteiger partial charge in [-0.3, -0.25) is 4.68 Å². The van der Waals surface area contributed by atoms with Gasteiger partial charge in [-0.05, 0) is 6.92 Å². The fourth-order valence-electron chi connectivity index (χ4n) is 1.50. The van der Waals surface area contributed by atoms with Crippen molar-refractivity contribution in [3.05, 3.63) is 30.1 Å². The van der Waals surface area contributed by atoms with Gasteiger partial charge in [0.2, 0.25) is 0 Å². The summed E-state index contributed by atoms with van der Waals surface area (Å²) in [6.07, 6.45) is 5.32. The summed E-state index contributed by atoms with van der Waals surface area (Å²) in [5.41, 5.74) is 7.02. The van der Waals surface area contributed by atoms with Crippen LogP contribution in [-0.2, 0) is 13.6 Å². The highest BCUT2D eigenvalue weighted by atomic mass is 15.3. The molecule has 0 bridgehead atoms. The molecule has 0 fully saturated rings. The van der Waals surface area contributed by atoms with E-state index in [1.54, 1.807) is 17.2 Å². The summed E-state index contributed by atoms with van der Waals surface area (Å²) in [6, 6.07) is -0.263. The maximum absolute atomic E-state index is 6.07. The molecule has 1 unspecified atom stereocenters. The molecule has 0 aliphatic carbocycles. The van der Waals surface area contributed by atoms with E-state index < -0.39 is 0 Å². The lowest BCUT2D eigenvalue weighted by Gasteiger charge is -2.09. The highest BCUT2D eigenvalue weighted by Crippen LogP contribution is 2.16. The first-order valence-corrected chi connectivity index (χ1v) is 4.84. The molecule has 0 saturated carbocycles. The van der Waals surface area contributed by atoms with E-state index in [0.717, 1.165) is 17.9 Å². The van der Waals surface area contributed by atoms with Gasteiger partial charge in [0, 0.05) is 25.4 Å². The summed E-state index contributed by atoms with van der Waals surface area (Å²) in [7, 11) is 1.86. The van der Waals surface area contributed by atoms with Crippen LogP contribution in [0, 0.1) is 0 Å². The molecular weight excluding hydrogens is 192 g/mol. The van der Waals surface area contributed by atoms with Crippen molar-refractivity contribution in [3.8, 4) is 0 Å². The molecule has 0 aliphatic heterocycles. The Bertz CT molecular complexity index is 443. The van der Waals surface area contributed by atoms with Gasteiger partial charge in [0.1, 0.15) is 6.33 Å². The van der Waals surface area contributed by atoms with Gasteiger partial charge in [-0.15, -0.1) is 10.2 Å². The third kappa shape index (κ3) is 1.75. The smallest absolute Gasteiger partial charge is 0.154 e. The number of nitrogens with two attached hydrogens (primary N) is 1. The van der Waals surface area contributed by atoms with Gasteiger partial charge in [0.15, 0.2) is 5.82 Å². The van der Waals surface area contributed by atoms with E-state index >= 15 is 0 Å². The molecule has 1 atom stereocenters. The molecule has 2 heterocycles. The van der Waals surface area contributed by atoms with Gasteiger partial charge in [-0.2, -0.15) is 5.10 Å². The quantitative estimate of drug-likeness (QED) is 0.771. The maximum Gasteiger partial charge on any atom is 0.154 e. The zero-order valence-electron chi connectivity index (χ0n) is 8.83. The molecule has 2 aromatic rings. The summed E-state index contributed by atoms with van der Waals surface area (Å²) in [4.78, 5) is 0. The van der Waals surface area contributed by atoms with E-state index in [1.165, 1.54) is 0 Å². The van der Waals surface area contributed by atoms with Gasteiger partial charge in [0.25, 0.3) is 0 Å². The molecule has 6 heteroatoms. The number of hydrogen-bond donors (Lipinski definition) is 1. The Labute approximate surface area is 87.7 Å². The van der Waals surface area contributed by atoms with Gasteiger partial charge < -0.3 is 10.3 Å². The fourth-order valence-corrected chi connectivity index (χ4v) is 1.50. The Kier molecular flexibility index (Phi) is 2.51. The lowest BCUT2D eigenvalue weighted by Crippen LogP contribution is -2.17. The molecule has 2 N–H and O–H groups in total. The van der Waals surface area contributed by atoms with Crippen molar-refractivity contribution in [2.45, 2.75) is 19.5 Å². The van der Waals surface area contributed by atoms with Crippen LogP contribution in [0.2, 0.25) is 0 Å². The normalized spacial score (nSPS) is 13.0.